The van der Waals surface area contributed by atoms with Gasteiger partial charge in [-0.3, -0.25) is 9.78 Å². The van der Waals surface area contributed by atoms with E-state index < -0.39 is 0 Å². The third kappa shape index (κ3) is 4.40. The molecule has 16 heavy (non-hydrogen) atoms. The molecule has 0 aliphatic carbocycles. The molecular weight excluding hydrogens is 204 g/mol. The summed E-state index contributed by atoms with van der Waals surface area (Å²) in [6.07, 6.45) is 4.03. The number of rotatable bonds is 5. The number of carbonyl (C=O) groups is 1. The Labute approximate surface area is 96.2 Å². The van der Waals surface area contributed by atoms with Gasteiger partial charge in [0, 0.05) is 32.3 Å². The number of hydrogen-bond donors (Lipinski definition) is 0. The van der Waals surface area contributed by atoms with Crippen LogP contribution in [-0.2, 0) is 9.53 Å². The number of esters is 1. The Morgan fingerprint density at radius 3 is 2.56 bits per heavy atom. The van der Waals surface area contributed by atoms with E-state index in [1.165, 1.54) is 6.92 Å². The first kappa shape index (κ1) is 12.6. The van der Waals surface area contributed by atoms with E-state index >= 15 is 0 Å². The normalized spacial score (nSPS) is 12.5. The molecule has 4 heteroatoms. The van der Waals surface area contributed by atoms with E-state index in [-0.39, 0.29) is 12.1 Å². The first-order valence-electron chi connectivity index (χ1n) is 5.31. The molecule has 0 fully saturated rings. The summed E-state index contributed by atoms with van der Waals surface area (Å²) >= 11 is 0. The molecule has 1 aromatic rings. The Morgan fingerprint density at radius 2 is 2.06 bits per heavy atom. The summed E-state index contributed by atoms with van der Waals surface area (Å²) in [7, 11) is 3.99. The quantitative estimate of drug-likeness (QED) is 0.710. The summed E-state index contributed by atoms with van der Waals surface area (Å²) in [4.78, 5) is 17.0. The van der Waals surface area contributed by atoms with Crippen LogP contribution < -0.4 is 0 Å². The number of aromatic nitrogens is 1. The lowest BCUT2D eigenvalue weighted by Gasteiger charge is -2.19. The van der Waals surface area contributed by atoms with E-state index in [4.69, 9.17) is 4.74 Å². The van der Waals surface area contributed by atoms with Crippen molar-refractivity contribution in [3.8, 4) is 0 Å². The molecule has 1 aromatic heterocycles. The van der Waals surface area contributed by atoms with Gasteiger partial charge in [-0.25, -0.2) is 0 Å². The third-order valence-corrected chi connectivity index (χ3v) is 2.22. The summed E-state index contributed by atoms with van der Waals surface area (Å²) in [5.41, 5.74) is 0.993. The minimum absolute atomic E-state index is 0.178. The Balaban J connectivity index is 2.67. The first-order chi connectivity index (χ1) is 7.59. The molecule has 1 atom stereocenters. The lowest BCUT2D eigenvalue weighted by atomic mass is 10.1. The van der Waals surface area contributed by atoms with Crippen LogP contribution in [0.2, 0.25) is 0 Å². The summed E-state index contributed by atoms with van der Waals surface area (Å²) < 4.78 is 5.29. The molecule has 0 bridgehead atoms. The van der Waals surface area contributed by atoms with Crippen LogP contribution in [-0.4, -0.2) is 36.5 Å². The monoisotopic (exact) mass is 222 g/mol. The van der Waals surface area contributed by atoms with Crippen molar-refractivity contribution < 1.29 is 9.53 Å². The topological polar surface area (TPSA) is 42.4 Å². The number of pyridine rings is 1. The molecule has 0 aliphatic rings. The highest BCUT2D eigenvalue weighted by Crippen LogP contribution is 2.20. The predicted octanol–water partition coefficient (Wildman–Crippen LogP) is 1.64. The summed E-state index contributed by atoms with van der Waals surface area (Å²) in [5.74, 6) is -0.249. The van der Waals surface area contributed by atoms with Crippen molar-refractivity contribution in [3.63, 3.8) is 0 Å². The standard InChI is InChI=1S/C12H18N2O2/c1-10(15)16-12(6-9-14(2)3)11-4-7-13-8-5-11/h4-5,7-8,12H,6,9H2,1-3H3/t12-/m0/s1. The molecule has 0 unspecified atom stereocenters. The molecule has 88 valence electrons. The fraction of sp³-hybridized carbons (Fsp3) is 0.500. The van der Waals surface area contributed by atoms with Gasteiger partial charge in [-0.2, -0.15) is 0 Å². The van der Waals surface area contributed by atoms with Crippen molar-refractivity contribution in [1.82, 2.24) is 9.88 Å². The van der Waals surface area contributed by atoms with E-state index in [1.807, 2.05) is 26.2 Å². The maximum Gasteiger partial charge on any atom is 0.303 e. The summed E-state index contributed by atoms with van der Waals surface area (Å²) in [6.45, 7) is 2.31. The second-order valence-corrected chi connectivity index (χ2v) is 3.97. The highest BCUT2D eigenvalue weighted by Gasteiger charge is 2.14. The largest absolute Gasteiger partial charge is 0.458 e. The molecule has 0 aliphatic heterocycles. The Bertz CT molecular complexity index is 325. The Hall–Kier alpha value is -1.42. The Kier molecular flexibility index (Phi) is 4.92. The molecule has 0 aromatic carbocycles. The second-order valence-electron chi connectivity index (χ2n) is 3.97. The van der Waals surface area contributed by atoms with Crippen molar-refractivity contribution in [2.45, 2.75) is 19.4 Å². The number of hydrogen-bond acceptors (Lipinski definition) is 4. The first-order valence-corrected chi connectivity index (χ1v) is 5.31. The summed E-state index contributed by atoms with van der Waals surface area (Å²) in [6, 6.07) is 3.76. The second kappa shape index (κ2) is 6.23. The van der Waals surface area contributed by atoms with Gasteiger partial charge in [0.2, 0.25) is 0 Å². The molecule has 0 radical (unpaired) electrons. The van der Waals surface area contributed by atoms with Crippen LogP contribution in [0.3, 0.4) is 0 Å². The van der Waals surface area contributed by atoms with Crippen molar-refractivity contribution in [2.24, 2.45) is 0 Å². The predicted molar refractivity (Wildman–Crippen MR) is 61.9 cm³/mol. The van der Waals surface area contributed by atoms with Crippen LogP contribution in [0.4, 0.5) is 0 Å². The van der Waals surface area contributed by atoms with Gasteiger partial charge < -0.3 is 9.64 Å². The smallest absolute Gasteiger partial charge is 0.303 e. The molecule has 1 rings (SSSR count). The maximum atomic E-state index is 11.0. The van der Waals surface area contributed by atoms with E-state index in [0.717, 1.165) is 18.5 Å². The third-order valence-electron chi connectivity index (χ3n) is 2.22. The minimum atomic E-state index is -0.249. The van der Waals surface area contributed by atoms with Gasteiger partial charge in [0.05, 0.1) is 0 Å². The van der Waals surface area contributed by atoms with Crippen molar-refractivity contribution in [2.75, 3.05) is 20.6 Å². The van der Waals surface area contributed by atoms with Gasteiger partial charge in [-0.1, -0.05) is 0 Å². The van der Waals surface area contributed by atoms with Gasteiger partial charge in [0.15, 0.2) is 0 Å². The van der Waals surface area contributed by atoms with E-state index in [2.05, 4.69) is 9.88 Å². The van der Waals surface area contributed by atoms with Gasteiger partial charge in [0.1, 0.15) is 6.10 Å². The molecule has 0 saturated heterocycles. The zero-order chi connectivity index (χ0) is 12.0. The zero-order valence-corrected chi connectivity index (χ0v) is 10.0. The van der Waals surface area contributed by atoms with Crippen LogP contribution in [0.25, 0.3) is 0 Å². The highest BCUT2D eigenvalue weighted by molar-refractivity contribution is 5.66. The van der Waals surface area contributed by atoms with E-state index in [0.29, 0.717) is 0 Å². The molecule has 0 spiro atoms. The highest BCUT2D eigenvalue weighted by atomic mass is 16.5. The molecule has 0 saturated carbocycles. The number of ether oxygens (including phenoxy) is 1. The average Bonchev–Trinajstić information content (AvgIpc) is 2.25. The fourth-order valence-electron chi connectivity index (χ4n) is 1.45. The van der Waals surface area contributed by atoms with Crippen LogP contribution in [0, 0.1) is 0 Å². The molecule has 0 amide bonds. The number of carbonyl (C=O) groups excluding carboxylic acids is 1. The zero-order valence-electron chi connectivity index (χ0n) is 10.0. The van der Waals surface area contributed by atoms with Gasteiger partial charge in [-0.05, 0) is 31.8 Å². The van der Waals surface area contributed by atoms with Crippen LogP contribution in [0.15, 0.2) is 24.5 Å². The molecular formula is C12H18N2O2. The fourth-order valence-corrected chi connectivity index (χ4v) is 1.45. The summed E-state index contributed by atoms with van der Waals surface area (Å²) in [5, 5.41) is 0. The SMILES string of the molecule is CC(=O)O[C@@H](CCN(C)C)c1ccncc1. The van der Waals surface area contributed by atoms with Gasteiger partial charge >= 0.3 is 5.97 Å². The number of nitrogens with zero attached hydrogens (tertiary/aromatic N) is 2. The van der Waals surface area contributed by atoms with Gasteiger partial charge in [0.25, 0.3) is 0 Å². The van der Waals surface area contributed by atoms with Crippen LogP contribution in [0.5, 0.6) is 0 Å². The van der Waals surface area contributed by atoms with Crippen molar-refractivity contribution in [1.29, 1.82) is 0 Å². The van der Waals surface area contributed by atoms with Crippen LogP contribution in [0.1, 0.15) is 25.0 Å². The minimum Gasteiger partial charge on any atom is -0.458 e. The molecule has 1 heterocycles. The van der Waals surface area contributed by atoms with Gasteiger partial charge in [-0.15, -0.1) is 0 Å². The van der Waals surface area contributed by atoms with Crippen LogP contribution >= 0.6 is 0 Å². The van der Waals surface area contributed by atoms with Crippen molar-refractivity contribution in [3.05, 3.63) is 30.1 Å². The maximum absolute atomic E-state index is 11.0. The lowest BCUT2D eigenvalue weighted by Crippen LogP contribution is -2.18. The van der Waals surface area contributed by atoms with Crippen molar-refractivity contribution >= 4 is 5.97 Å². The van der Waals surface area contributed by atoms with E-state index in [9.17, 15) is 4.79 Å². The van der Waals surface area contributed by atoms with E-state index in [1.54, 1.807) is 12.4 Å². The lowest BCUT2D eigenvalue weighted by molar-refractivity contribution is -0.147. The molecule has 4 nitrogen and oxygen atoms in total. The molecule has 0 N–H and O–H groups in total. The average molecular weight is 222 g/mol. The Morgan fingerprint density at radius 1 is 1.44 bits per heavy atom.